The molecule has 4 rings (SSSR count). The monoisotopic (exact) mass is 457 g/mol. The van der Waals surface area contributed by atoms with E-state index in [4.69, 9.17) is 5.26 Å². The van der Waals surface area contributed by atoms with Gasteiger partial charge in [0.1, 0.15) is 0 Å². The Balaban J connectivity index is 1.42. The van der Waals surface area contributed by atoms with Gasteiger partial charge in [0, 0.05) is 38.1 Å². The smallest absolute Gasteiger partial charge is 0.280 e. The van der Waals surface area contributed by atoms with E-state index in [0.29, 0.717) is 22.5 Å². The third-order valence-corrected chi connectivity index (χ3v) is 6.15. The molecule has 2 aromatic heterocycles. The van der Waals surface area contributed by atoms with Gasteiger partial charge in [-0.3, -0.25) is 19.7 Å². The van der Waals surface area contributed by atoms with E-state index in [-0.39, 0.29) is 17.5 Å². The molecule has 0 bridgehead atoms. The van der Waals surface area contributed by atoms with E-state index in [2.05, 4.69) is 38.1 Å². The van der Waals surface area contributed by atoms with Crippen molar-refractivity contribution >= 4 is 12.6 Å². The number of rotatable bonds is 7. The highest BCUT2D eigenvalue weighted by molar-refractivity contribution is 5.94. The number of aromatic amines is 1. The number of piperidine rings is 1. The van der Waals surface area contributed by atoms with Crippen LogP contribution in [-0.4, -0.2) is 64.5 Å². The van der Waals surface area contributed by atoms with Crippen molar-refractivity contribution in [3.63, 3.8) is 0 Å². The Morgan fingerprint density at radius 1 is 1.29 bits per heavy atom. The van der Waals surface area contributed by atoms with Gasteiger partial charge in [0.2, 0.25) is 0 Å². The predicted molar refractivity (Wildman–Crippen MR) is 130 cm³/mol. The highest BCUT2D eigenvalue weighted by Crippen LogP contribution is 2.21. The summed E-state index contributed by atoms with van der Waals surface area (Å²) in [6.45, 7) is 8.86. The molecule has 0 atom stereocenters. The highest BCUT2D eigenvalue weighted by atomic mass is 16.2. The molecular formula is C25H27N7O2. The third-order valence-electron chi connectivity index (χ3n) is 6.15. The number of benzene rings is 1. The second-order valence-electron chi connectivity index (χ2n) is 8.41. The van der Waals surface area contributed by atoms with Crippen LogP contribution in [0.5, 0.6) is 0 Å². The maximum Gasteiger partial charge on any atom is 0.280 e. The Kier molecular flexibility index (Phi) is 6.99. The number of H-pyrrole nitrogens is 1. The van der Waals surface area contributed by atoms with E-state index >= 15 is 0 Å². The number of amides is 1. The molecule has 1 fully saturated rings. The number of nitrogens with one attached hydrogen (secondary N) is 2. The van der Waals surface area contributed by atoms with Crippen LogP contribution in [0.1, 0.15) is 34.3 Å². The number of carbonyl (C=O) groups is 1. The summed E-state index contributed by atoms with van der Waals surface area (Å²) in [7, 11) is 0. The number of carbonyl (C=O) groups excluding carboxylic acids is 1. The summed E-state index contributed by atoms with van der Waals surface area (Å²) < 4.78 is 1.34. The molecule has 0 spiro atoms. The minimum Gasteiger partial charge on any atom is -0.349 e. The molecule has 1 aliphatic heterocycles. The lowest BCUT2D eigenvalue weighted by Gasteiger charge is -2.31. The van der Waals surface area contributed by atoms with E-state index in [1.54, 1.807) is 36.5 Å². The Bertz CT molecular complexity index is 1280. The van der Waals surface area contributed by atoms with E-state index < -0.39 is 0 Å². The molecule has 1 amide bonds. The number of aryl methyl sites for hydroxylation is 1. The minimum atomic E-state index is -0.254. The summed E-state index contributed by atoms with van der Waals surface area (Å²) in [6.07, 6.45) is 4.89. The Morgan fingerprint density at radius 3 is 2.74 bits per heavy atom. The molecule has 0 radical (unpaired) electrons. The number of nitriles is 1. The molecule has 0 unspecified atom stereocenters. The van der Waals surface area contributed by atoms with E-state index in [1.165, 1.54) is 10.9 Å². The number of aromatic nitrogens is 3. The van der Waals surface area contributed by atoms with Crippen molar-refractivity contribution in [1.82, 2.24) is 25.0 Å². The topological polar surface area (TPSA) is 119 Å². The molecule has 174 valence electrons. The Hall–Kier alpha value is -4.03. The first-order valence-corrected chi connectivity index (χ1v) is 11.2. The van der Waals surface area contributed by atoms with Crippen molar-refractivity contribution in [3.05, 3.63) is 69.8 Å². The average Bonchev–Trinajstić information content (AvgIpc) is 3.24. The highest BCUT2D eigenvalue weighted by Gasteiger charge is 2.21. The standard InChI is InChI=1S/C25H27N7O2/c1-17-13-18(14-26)3-5-21(17)22-16-29-32(25(22)34)23-6-4-19(15-28-23)24(33)30-20-7-10-31(11-8-20)12-9-27-2/h3-6,13,15-16,20,29H,2,7-12H2,1H3,(H,30,33). The Morgan fingerprint density at radius 2 is 2.09 bits per heavy atom. The Labute approximate surface area is 197 Å². The maximum atomic E-state index is 13.0. The van der Waals surface area contributed by atoms with Crippen LogP contribution in [0.2, 0.25) is 0 Å². The largest absolute Gasteiger partial charge is 0.349 e. The van der Waals surface area contributed by atoms with Gasteiger partial charge in [-0.15, -0.1) is 0 Å². The molecule has 1 saturated heterocycles. The number of pyridine rings is 1. The van der Waals surface area contributed by atoms with Gasteiger partial charge in [0.25, 0.3) is 11.5 Å². The number of hydrogen-bond donors (Lipinski definition) is 2. The minimum absolute atomic E-state index is 0.129. The van der Waals surface area contributed by atoms with Gasteiger partial charge in [-0.1, -0.05) is 6.07 Å². The number of likely N-dealkylation sites (tertiary alicyclic amines) is 1. The zero-order chi connectivity index (χ0) is 24.1. The molecule has 1 aliphatic rings. The predicted octanol–water partition coefficient (Wildman–Crippen LogP) is 2.30. The fourth-order valence-corrected chi connectivity index (χ4v) is 4.20. The van der Waals surface area contributed by atoms with Crippen molar-refractivity contribution in [2.24, 2.45) is 4.99 Å². The van der Waals surface area contributed by atoms with Crippen molar-refractivity contribution in [1.29, 1.82) is 5.26 Å². The third kappa shape index (κ3) is 4.97. The lowest BCUT2D eigenvalue weighted by molar-refractivity contribution is 0.0911. The second kappa shape index (κ2) is 10.3. The van der Waals surface area contributed by atoms with Crippen LogP contribution in [0.3, 0.4) is 0 Å². The molecule has 9 heteroatoms. The molecular weight excluding hydrogens is 430 g/mol. The normalized spacial score (nSPS) is 14.5. The molecule has 3 heterocycles. The molecule has 0 saturated carbocycles. The van der Waals surface area contributed by atoms with Crippen LogP contribution in [0.4, 0.5) is 0 Å². The summed E-state index contributed by atoms with van der Waals surface area (Å²) >= 11 is 0. The average molecular weight is 458 g/mol. The first-order valence-electron chi connectivity index (χ1n) is 11.2. The quantitative estimate of drug-likeness (QED) is 0.528. The van der Waals surface area contributed by atoms with Crippen LogP contribution in [0.25, 0.3) is 16.9 Å². The number of nitrogens with zero attached hydrogens (tertiary/aromatic N) is 5. The van der Waals surface area contributed by atoms with Gasteiger partial charge in [-0.2, -0.15) is 5.26 Å². The van der Waals surface area contributed by atoms with E-state index in [9.17, 15) is 9.59 Å². The fourth-order valence-electron chi connectivity index (χ4n) is 4.20. The van der Waals surface area contributed by atoms with Crippen LogP contribution in [0.15, 0.2) is 52.5 Å². The first kappa shape index (κ1) is 23.1. The molecule has 0 aliphatic carbocycles. The molecule has 34 heavy (non-hydrogen) atoms. The van der Waals surface area contributed by atoms with Gasteiger partial charge < -0.3 is 10.2 Å². The van der Waals surface area contributed by atoms with Gasteiger partial charge in [0.15, 0.2) is 5.82 Å². The van der Waals surface area contributed by atoms with Gasteiger partial charge >= 0.3 is 0 Å². The van der Waals surface area contributed by atoms with E-state index in [0.717, 1.165) is 50.1 Å². The fraction of sp³-hybridized carbons (Fsp3) is 0.320. The summed E-state index contributed by atoms with van der Waals surface area (Å²) in [6, 6.07) is 10.8. The molecule has 2 N–H and O–H groups in total. The summed E-state index contributed by atoms with van der Waals surface area (Å²) in [5.74, 6) is 0.223. The summed E-state index contributed by atoms with van der Waals surface area (Å²) in [5.41, 5.74) is 2.82. The van der Waals surface area contributed by atoms with Crippen LogP contribution >= 0.6 is 0 Å². The SMILES string of the molecule is C=NCCN1CCC(NC(=O)c2ccc(-n3[nH]cc(-c4ccc(C#N)cc4C)c3=O)nc2)CC1. The lowest BCUT2D eigenvalue weighted by Crippen LogP contribution is -2.45. The van der Waals surface area contributed by atoms with Crippen molar-refractivity contribution in [2.45, 2.75) is 25.8 Å². The van der Waals surface area contributed by atoms with Crippen molar-refractivity contribution < 1.29 is 4.79 Å². The van der Waals surface area contributed by atoms with Crippen LogP contribution < -0.4 is 10.9 Å². The van der Waals surface area contributed by atoms with Gasteiger partial charge in [0.05, 0.1) is 29.3 Å². The van der Waals surface area contributed by atoms with Crippen LogP contribution in [0, 0.1) is 18.3 Å². The lowest BCUT2D eigenvalue weighted by atomic mass is 10.0. The summed E-state index contributed by atoms with van der Waals surface area (Å²) in [4.78, 5) is 36.2. The number of aliphatic imine (C=N–C) groups is 1. The van der Waals surface area contributed by atoms with Crippen LogP contribution in [-0.2, 0) is 0 Å². The zero-order valence-corrected chi connectivity index (χ0v) is 19.1. The van der Waals surface area contributed by atoms with Gasteiger partial charge in [-0.05, 0) is 61.9 Å². The maximum absolute atomic E-state index is 13.0. The van der Waals surface area contributed by atoms with E-state index in [1.807, 2.05) is 6.92 Å². The van der Waals surface area contributed by atoms with Crippen molar-refractivity contribution in [3.8, 4) is 23.0 Å². The molecule has 3 aromatic rings. The molecule has 1 aromatic carbocycles. The first-order chi connectivity index (χ1) is 16.5. The zero-order valence-electron chi connectivity index (χ0n) is 19.1. The van der Waals surface area contributed by atoms with Gasteiger partial charge in [-0.25, -0.2) is 9.67 Å². The summed E-state index contributed by atoms with van der Waals surface area (Å²) in [5, 5.41) is 15.1. The molecule has 9 nitrogen and oxygen atoms in total. The second-order valence-corrected chi connectivity index (χ2v) is 8.41. The van der Waals surface area contributed by atoms with Crippen molar-refractivity contribution in [2.75, 3.05) is 26.2 Å². The number of hydrogen-bond acceptors (Lipinski definition) is 6.